The predicted molar refractivity (Wildman–Crippen MR) is 63.6 cm³/mol. The molecule has 1 aromatic heterocycles. The number of benzene rings is 1. The number of halogens is 1. The van der Waals surface area contributed by atoms with Gasteiger partial charge in [-0.1, -0.05) is 17.7 Å². The molecule has 2 aromatic rings. The number of anilines is 1. The molecule has 2 rings (SSSR count). The quantitative estimate of drug-likeness (QED) is 0.644. The maximum atomic E-state index is 11.9. The molecule has 0 fully saturated rings. The second-order valence-corrected chi connectivity index (χ2v) is 4.40. The number of carbonyl (C=O) groups is 1. The van der Waals surface area contributed by atoms with E-state index in [9.17, 15) is 4.79 Å². The Morgan fingerprint density at radius 1 is 1.33 bits per heavy atom. The van der Waals surface area contributed by atoms with Crippen LogP contribution in [-0.4, -0.2) is 5.78 Å². The lowest BCUT2D eigenvalue weighted by Crippen LogP contribution is -1.99. The summed E-state index contributed by atoms with van der Waals surface area (Å²) in [7, 11) is 0. The molecule has 0 saturated carbocycles. The summed E-state index contributed by atoms with van der Waals surface area (Å²) in [6.07, 6.45) is 0. The number of hydrogen-bond donors (Lipinski definition) is 1. The zero-order chi connectivity index (χ0) is 10.8. The summed E-state index contributed by atoms with van der Waals surface area (Å²) in [5.74, 6) is -0.0214. The lowest BCUT2D eigenvalue weighted by Gasteiger charge is -2.01. The van der Waals surface area contributed by atoms with Gasteiger partial charge in [-0.2, -0.15) is 0 Å². The molecule has 1 heterocycles. The van der Waals surface area contributed by atoms with Crippen molar-refractivity contribution in [3.63, 3.8) is 0 Å². The van der Waals surface area contributed by atoms with Gasteiger partial charge in [0.2, 0.25) is 5.78 Å². The fourth-order valence-electron chi connectivity index (χ4n) is 1.22. The Morgan fingerprint density at radius 3 is 2.73 bits per heavy atom. The Morgan fingerprint density at radius 2 is 2.13 bits per heavy atom. The van der Waals surface area contributed by atoms with Crippen LogP contribution in [0.2, 0.25) is 5.02 Å². The number of thiophene rings is 1. The Balaban J connectivity index is 2.39. The van der Waals surface area contributed by atoms with Crippen LogP contribution in [0.5, 0.6) is 0 Å². The molecular formula is C11H8ClNOS. The molecule has 4 heteroatoms. The molecule has 0 radical (unpaired) electrons. The maximum absolute atomic E-state index is 11.9. The third-order valence-electron chi connectivity index (χ3n) is 2.01. The van der Waals surface area contributed by atoms with Crippen LogP contribution in [0.4, 0.5) is 5.69 Å². The van der Waals surface area contributed by atoms with Gasteiger partial charge in [0.05, 0.1) is 15.6 Å². The second-order valence-electron chi connectivity index (χ2n) is 3.04. The molecule has 0 saturated heterocycles. The molecule has 0 aliphatic rings. The highest BCUT2D eigenvalue weighted by Gasteiger charge is 2.10. The fourth-order valence-corrected chi connectivity index (χ4v) is 2.08. The van der Waals surface area contributed by atoms with E-state index in [0.717, 1.165) is 0 Å². The van der Waals surface area contributed by atoms with Gasteiger partial charge < -0.3 is 5.73 Å². The lowest BCUT2D eigenvalue weighted by atomic mass is 10.1. The summed E-state index contributed by atoms with van der Waals surface area (Å²) in [6.45, 7) is 0. The normalized spacial score (nSPS) is 10.2. The molecule has 0 spiro atoms. The minimum Gasteiger partial charge on any atom is -0.398 e. The van der Waals surface area contributed by atoms with Gasteiger partial charge in [0, 0.05) is 5.56 Å². The van der Waals surface area contributed by atoms with Gasteiger partial charge in [-0.15, -0.1) is 11.3 Å². The molecular weight excluding hydrogens is 230 g/mol. The van der Waals surface area contributed by atoms with Crippen LogP contribution >= 0.6 is 22.9 Å². The molecule has 76 valence electrons. The fraction of sp³-hybridized carbons (Fsp3) is 0. The zero-order valence-corrected chi connectivity index (χ0v) is 9.31. The van der Waals surface area contributed by atoms with Crippen molar-refractivity contribution < 1.29 is 4.79 Å². The average Bonchev–Trinajstić information content (AvgIpc) is 2.74. The molecule has 1 aromatic carbocycles. The minimum atomic E-state index is -0.0214. The Labute approximate surface area is 96.3 Å². The predicted octanol–water partition coefficient (Wildman–Crippen LogP) is 3.21. The van der Waals surface area contributed by atoms with Crippen LogP contribution < -0.4 is 5.73 Å². The van der Waals surface area contributed by atoms with Crippen LogP contribution in [0.15, 0.2) is 35.7 Å². The average molecular weight is 238 g/mol. The highest BCUT2D eigenvalue weighted by Crippen LogP contribution is 2.22. The van der Waals surface area contributed by atoms with Crippen molar-refractivity contribution in [1.82, 2.24) is 0 Å². The summed E-state index contributed by atoms with van der Waals surface area (Å²) in [5.41, 5.74) is 6.62. The molecule has 0 atom stereocenters. The Hall–Kier alpha value is -1.32. The van der Waals surface area contributed by atoms with Gasteiger partial charge in [0.25, 0.3) is 0 Å². The summed E-state index contributed by atoms with van der Waals surface area (Å²) < 4.78 is 0. The van der Waals surface area contributed by atoms with E-state index in [1.54, 1.807) is 24.3 Å². The first-order valence-corrected chi connectivity index (χ1v) is 5.57. The van der Waals surface area contributed by atoms with Gasteiger partial charge in [0.15, 0.2) is 0 Å². The van der Waals surface area contributed by atoms with Crippen molar-refractivity contribution in [2.24, 2.45) is 0 Å². The van der Waals surface area contributed by atoms with Crippen molar-refractivity contribution in [2.45, 2.75) is 0 Å². The Kier molecular flexibility index (Phi) is 2.75. The molecule has 2 N–H and O–H groups in total. The smallest absolute Gasteiger partial charge is 0.202 e. The van der Waals surface area contributed by atoms with E-state index in [1.165, 1.54) is 11.3 Å². The topological polar surface area (TPSA) is 43.1 Å². The van der Waals surface area contributed by atoms with E-state index in [0.29, 0.717) is 21.2 Å². The largest absolute Gasteiger partial charge is 0.398 e. The molecule has 15 heavy (non-hydrogen) atoms. The number of nitrogen functional groups attached to an aromatic ring is 1. The van der Waals surface area contributed by atoms with Crippen LogP contribution in [0, 0.1) is 0 Å². The van der Waals surface area contributed by atoms with Crippen molar-refractivity contribution >= 4 is 34.4 Å². The van der Waals surface area contributed by atoms with E-state index in [-0.39, 0.29) is 5.78 Å². The van der Waals surface area contributed by atoms with Gasteiger partial charge in [0.1, 0.15) is 0 Å². The molecule has 0 aliphatic heterocycles. The first-order chi connectivity index (χ1) is 7.18. The third kappa shape index (κ3) is 2.03. The van der Waals surface area contributed by atoms with Crippen LogP contribution in [0.3, 0.4) is 0 Å². The molecule has 0 aliphatic carbocycles. The van der Waals surface area contributed by atoms with Crippen molar-refractivity contribution in [3.8, 4) is 0 Å². The standard InChI is InChI=1S/C11H8ClNOS/c12-8-6-7(3-4-9(8)13)11(14)10-2-1-5-15-10/h1-6H,13H2. The number of hydrogen-bond acceptors (Lipinski definition) is 3. The first kappa shape index (κ1) is 10.2. The monoisotopic (exact) mass is 237 g/mol. The molecule has 2 nitrogen and oxygen atoms in total. The SMILES string of the molecule is Nc1ccc(C(=O)c2cccs2)cc1Cl. The van der Waals surface area contributed by atoms with E-state index >= 15 is 0 Å². The summed E-state index contributed by atoms with van der Waals surface area (Å²) in [4.78, 5) is 12.6. The number of carbonyl (C=O) groups excluding carboxylic acids is 1. The number of nitrogens with two attached hydrogens (primary N) is 1. The molecule has 0 bridgehead atoms. The van der Waals surface area contributed by atoms with Crippen LogP contribution in [0.1, 0.15) is 15.2 Å². The highest BCUT2D eigenvalue weighted by molar-refractivity contribution is 7.12. The summed E-state index contributed by atoms with van der Waals surface area (Å²) in [5, 5.41) is 2.28. The summed E-state index contributed by atoms with van der Waals surface area (Å²) in [6, 6.07) is 8.56. The summed E-state index contributed by atoms with van der Waals surface area (Å²) >= 11 is 7.26. The highest BCUT2D eigenvalue weighted by atomic mass is 35.5. The van der Waals surface area contributed by atoms with E-state index in [2.05, 4.69) is 0 Å². The van der Waals surface area contributed by atoms with E-state index in [4.69, 9.17) is 17.3 Å². The maximum Gasteiger partial charge on any atom is 0.202 e. The van der Waals surface area contributed by atoms with E-state index in [1.807, 2.05) is 11.4 Å². The van der Waals surface area contributed by atoms with Crippen molar-refractivity contribution in [3.05, 3.63) is 51.2 Å². The molecule has 0 amide bonds. The van der Waals surface area contributed by atoms with Gasteiger partial charge in [-0.05, 0) is 29.6 Å². The molecule has 0 unspecified atom stereocenters. The first-order valence-electron chi connectivity index (χ1n) is 4.31. The van der Waals surface area contributed by atoms with Crippen molar-refractivity contribution in [2.75, 3.05) is 5.73 Å². The third-order valence-corrected chi connectivity index (χ3v) is 3.20. The van der Waals surface area contributed by atoms with Crippen molar-refractivity contribution in [1.29, 1.82) is 0 Å². The van der Waals surface area contributed by atoms with E-state index < -0.39 is 0 Å². The zero-order valence-electron chi connectivity index (χ0n) is 7.74. The van der Waals surface area contributed by atoms with Gasteiger partial charge in [-0.3, -0.25) is 4.79 Å². The second kappa shape index (κ2) is 4.04. The van der Waals surface area contributed by atoms with Crippen LogP contribution in [-0.2, 0) is 0 Å². The Bertz CT molecular complexity index is 493. The lowest BCUT2D eigenvalue weighted by molar-refractivity contribution is 0.104. The van der Waals surface area contributed by atoms with Gasteiger partial charge >= 0.3 is 0 Å². The number of ketones is 1. The minimum absolute atomic E-state index is 0.0214. The van der Waals surface area contributed by atoms with Crippen LogP contribution in [0.25, 0.3) is 0 Å². The number of rotatable bonds is 2. The van der Waals surface area contributed by atoms with Gasteiger partial charge in [-0.25, -0.2) is 0 Å².